The average molecular weight is 1160 g/mol. The zero-order valence-electron chi connectivity index (χ0n) is 51.5. The van der Waals surface area contributed by atoms with Gasteiger partial charge in [-0.25, -0.2) is 0 Å². The summed E-state index contributed by atoms with van der Waals surface area (Å²) in [6.07, 6.45) is 53.3. The highest BCUT2D eigenvalue weighted by Crippen LogP contribution is 2.30. The number of carbonyl (C=O) groups excluding carboxylic acids is 1. The second-order valence-electron chi connectivity index (χ2n) is 23.2. The molecule has 0 aromatic rings. The lowest BCUT2D eigenvalue weighted by Gasteiger charge is -2.46. The molecular formula is C68H121NO13. The summed E-state index contributed by atoms with van der Waals surface area (Å²) in [6.45, 7) is 2.76. The van der Waals surface area contributed by atoms with Crippen molar-refractivity contribution in [3.63, 3.8) is 0 Å². The first-order valence-electron chi connectivity index (χ1n) is 33.2. The number of ether oxygens (including phenoxy) is 4. The van der Waals surface area contributed by atoms with E-state index < -0.39 is 86.8 Å². The van der Waals surface area contributed by atoms with Crippen molar-refractivity contribution in [1.29, 1.82) is 0 Å². The standard InChI is InChI=1S/C68H121NO13/c1-3-5-7-9-11-13-15-17-19-21-22-23-24-25-26-27-28-29-30-31-32-33-34-36-38-40-42-44-46-48-50-52-60(73)69-56(57(72)51-49-47-45-43-41-39-37-35-20-18-16-14-12-10-8-6-4-2)55-79-67-65(78)63(76)66(59(54-71)81-67)82-68-64(77)62(75)61(74)58(53-70)80-68/h5,7,11,13,17,19,22-23,25-26,28-29,56-59,61-68,70-72,74-78H,3-4,6,8-10,12,14-16,18,20-21,24,27,30-55H2,1-2H3,(H,69,73)/b7-5-,13-11-,19-17-,23-22-,26-25-,29-28-. The number of hydrogen-bond donors (Lipinski definition) is 9. The minimum absolute atomic E-state index is 0.209. The quantitative estimate of drug-likeness (QED) is 0.0204. The molecule has 14 nitrogen and oxygen atoms in total. The summed E-state index contributed by atoms with van der Waals surface area (Å²) >= 11 is 0. The summed E-state index contributed by atoms with van der Waals surface area (Å²) in [6, 6.07) is -0.834. The van der Waals surface area contributed by atoms with E-state index in [-0.39, 0.29) is 12.5 Å². The number of aliphatic hydroxyl groups is 8. The minimum atomic E-state index is -1.78. The van der Waals surface area contributed by atoms with Gasteiger partial charge in [0, 0.05) is 6.42 Å². The SMILES string of the molecule is CC/C=C\C/C=C\C/C=C\C/C=C\C/C=C\C/C=C\CCCCCCCCCCCCCCC(=O)NC(COC1OC(CO)C(OC2OC(CO)C(O)C(O)C2O)C(O)C1O)C(O)CCCCCCCCCCCCCCCCCCC. The molecule has 0 saturated carbocycles. The van der Waals surface area contributed by atoms with Crippen LogP contribution in [0.1, 0.15) is 258 Å². The van der Waals surface area contributed by atoms with Crippen molar-refractivity contribution in [3.8, 4) is 0 Å². The van der Waals surface area contributed by atoms with E-state index in [4.69, 9.17) is 18.9 Å². The number of aliphatic hydroxyl groups excluding tert-OH is 8. The van der Waals surface area contributed by atoms with E-state index in [1.54, 1.807) is 0 Å². The smallest absolute Gasteiger partial charge is 0.220 e. The maximum atomic E-state index is 13.3. The second-order valence-corrected chi connectivity index (χ2v) is 23.2. The Morgan fingerprint density at radius 3 is 1.29 bits per heavy atom. The van der Waals surface area contributed by atoms with Crippen LogP contribution in [0.2, 0.25) is 0 Å². The summed E-state index contributed by atoms with van der Waals surface area (Å²) in [7, 11) is 0. The van der Waals surface area contributed by atoms with Gasteiger partial charge in [-0.05, 0) is 64.2 Å². The zero-order chi connectivity index (χ0) is 59.5. The molecule has 2 saturated heterocycles. The molecular weight excluding hydrogens is 1040 g/mol. The fraction of sp³-hybridized carbons (Fsp3) is 0.809. The van der Waals surface area contributed by atoms with Crippen molar-refractivity contribution in [1.82, 2.24) is 5.32 Å². The predicted octanol–water partition coefficient (Wildman–Crippen LogP) is 12.7. The first-order chi connectivity index (χ1) is 40.1. The van der Waals surface area contributed by atoms with Crippen LogP contribution in [-0.4, -0.2) is 140 Å². The van der Waals surface area contributed by atoms with Crippen LogP contribution in [0, 0.1) is 0 Å². The molecule has 82 heavy (non-hydrogen) atoms. The van der Waals surface area contributed by atoms with Crippen molar-refractivity contribution in [2.45, 2.75) is 331 Å². The topological polar surface area (TPSA) is 228 Å². The van der Waals surface area contributed by atoms with Crippen molar-refractivity contribution >= 4 is 5.91 Å². The van der Waals surface area contributed by atoms with Crippen LogP contribution in [-0.2, 0) is 23.7 Å². The average Bonchev–Trinajstić information content (AvgIpc) is 3.52. The van der Waals surface area contributed by atoms with Gasteiger partial charge in [-0.1, -0.05) is 260 Å². The lowest BCUT2D eigenvalue weighted by molar-refractivity contribution is -0.359. The molecule has 12 unspecified atom stereocenters. The molecule has 0 bridgehead atoms. The summed E-state index contributed by atoms with van der Waals surface area (Å²) in [5.74, 6) is -0.209. The Morgan fingerprint density at radius 1 is 0.451 bits per heavy atom. The Morgan fingerprint density at radius 2 is 0.841 bits per heavy atom. The monoisotopic (exact) mass is 1160 g/mol. The van der Waals surface area contributed by atoms with Gasteiger partial charge < -0.3 is 65.1 Å². The lowest BCUT2D eigenvalue weighted by Crippen LogP contribution is -2.65. The number of unbranched alkanes of at least 4 members (excludes halogenated alkanes) is 28. The Kier molecular flexibility index (Phi) is 48.6. The van der Waals surface area contributed by atoms with E-state index in [1.165, 1.54) is 135 Å². The summed E-state index contributed by atoms with van der Waals surface area (Å²) < 4.78 is 22.9. The van der Waals surface area contributed by atoms with Crippen LogP contribution in [0.15, 0.2) is 72.9 Å². The maximum absolute atomic E-state index is 13.3. The molecule has 2 fully saturated rings. The third-order valence-electron chi connectivity index (χ3n) is 15.9. The van der Waals surface area contributed by atoms with Gasteiger partial charge >= 0.3 is 0 Å². The molecule has 12 atom stereocenters. The number of rotatable bonds is 53. The van der Waals surface area contributed by atoms with Crippen LogP contribution in [0.3, 0.4) is 0 Å². The lowest BCUT2D eigenvalue weighted by atomic mass is 9.97. The van der Waals surface area contributed by atoms with Gasteiger partial charge in [0.15, 0.2) is 12.6 Å². The number of allylic oxidation sites excluding steroid dienone is 12. The second kappa shape index (κ2) is 52.7. The number of nitrogens with one attached hydrogen (secondary N) is 1. The van der Waals surface area contributed by atoms with Crippen LogP contribution in [0.25, 0.3) is 0 Å². The van der Waals surface area contributed by atoms with Gasteiger partial charge in [0.05, 0.1) is 32.0 Å². The van der Waals surface area contributed by atoms with E-state index in [0.717, 1.165) is 96.3 Å². The molecule has 2 rings (SSSR count). The molecule has 0 aromatic heterocycles. The van der Waals surface area contributed by atoms with E-state index in [1.807, 2.05) is 0 Å². The van der Waals surface area contributed by atoms with Crippen molar-refractivity contribution in [2.24, 2.45) is 0 Å². The molecule has 0 aliphatic carbocycles. The van der Waals surface area contributed by atoms with Gasteiger partial charge in [0.1, 0.15) is 48.8 Å². The molecule has 1 amide bonds. The Balaban J connectivity index is 1.67. The Bertz CT molecular complexity index is 1650. The predicted molar refractivity (Wildman–Crippen MR) is 332 cm³/mol. The van der Waals surface area contributed by atoms with Crippen LogP contribution in [0.4, 0.5) is 0 Å². The summed E-state index contributed by atoms with van der Waals surface area (Å²) in [5.41, 5.74) is 0. The third kappa shape index (κ3) is 37.1. The van der Waals surface area contributed by atoms with Gasteiger partial charge in [0.2, 0.25) is 5.91 Å². The van der Waals surface area contributed by atoms with E-state index >= 15 is 0 Å². The van der Waals surface area contributed by atoms with Crippen molar-refractivity contribution in [2.75, 3.05) is 19.8 Å². The largest absolute Gasteiger partial charge is 0.394 e. The number of hydrogen-bond acceptors (Lipinski definition) is 13. The Hall–Kier alpha value is -2.57. The molecule has 2 aliphatic heterocycles. The van der Waals surface area contributed by atoms with E-state index in [9.17, 15) is 45.6 Å². The normalized spacial score (nSPS) is 24.4. The van der Waals surface area contributed by atoms with Crippen LogP contribution in [0.5, 0.6) is 0 Å². The molecule has 14 heteroatoms. The molecule has 2 heterocycles. The fourth-order valence-electron chi connectivity index (χ4n) is 10.7. The third-order valence-corrected chi connectivity index (χ3v) is 15.9. The highest BCUT2D eigenvalue weighted by Gasteiger charge is 2.51. The fourth-order valence-corrected chi connectivity index (χ4v) is 10.7. The van der Waals surface area contributed by atoms with Crippen LogP contribution < -0.4 is 5.32 Å². The molecule has 0 aromatic carbocycles. The van der Waals surface area contributed by atoms with E-state index in [0.29, 0.717) is 12.8 Å². The highest BCUT2D eigenvalue weighted by atomic mass is 16.7. The van der Waals surface area contributed by atoms with Crippen LogP contribution >= 0.6 is 0 Å². The highest BCUT2D eigenvalue weighted by molar-refractivity contribution is 5.76. The van der Waals surface area contributed by atoms with Gasteiger partial charge in [0.25, 0.3) is 0 Å². The van der Waals surface area contributed by atoms with E-state index in [2.05, 4.69) is 92.1 Å². The first-order valence-corrected chi connectivity index (χ1v) is 33.2. The summed E-state index contributed by atoms with van der Waals surface area (Å²) in [5, 5.41) is 87.5. The minimum Gasteiger partial charge on any atom is -0.394 e. The molecule has 0 radical (unpaired) electrons. The zero-order valence-corrected chi connectivity index (χ0v) is 51.5. The molecule has 476 valence electrons. The van der Waals surface area contributed by atoms with Crippen molar-refractivity contribution in [3.05, 3.63) is 72.9 Å². The van der Waals surface area contributed by atoms with Crippen molar-refractivity contribution < 1.29 is 64.6 Å². The molecule has 9 N–H and O–H groups in total. The maximum Gasteiger partial charge on any atom is 0.220 e. The Labute approximate surface area is 498 Å². The number of carbonyl (C=O) groups is 1. The van der Waals surface area contributed by atoms with Gasteiger partial charge in [-0.15, -0.1) is 0 Å². The summed E-state index contributed by atoms with van der Waals surface area (Å²) in [4.78, 5) is 13.3. The molecule has 2 aliphatic rings. The molecule has 0 spiro atoms. The van der Waals surface area contributed by atoms with Gasteiger partial charge in [-0.3, -0.25) is 4.79 Å². The first kappa shape index (κ1) is 75.5. The van der Waals surface area contributed by atoms with Gasteiger partial charge in [-0.2, -0.15) is 0 Å². The number of amides is 1.